The van der Waals surface area contributed by atoms with E-state index >= 15 is 0 Å². The van der Waals surface area contributed by atoms with Gasteiger partial charge in [-0.05, 0) is 58.8 Å². The van der Waals surface area contributed by atoms with Crippen molar-refractivity contribution in [2.45, 2.75) is 45.7 Å². The van der Waals surface area contributed by atoms with Crippen molar-refractivity contribution in [3.63, 3.8) is 0 Å². The number of anilines is 2. The molecule has 0 bridgehead atoms. The lowest BCUT2D eigenvalue weighted by Gasteiger charge is -2.34. The van der Waals surface area contributed by atoms with E-state index < -0.39 is 0 Å². The summed E-state index contributed by atoms with van der Waals surface area (Å²) < 4.78 is 140. The third kappa shape index (κ3) is 4.21. The zero-order valence-electron chi connectivity index (χ0n) is 47.9. The number of hydrogen-bond acceptors (Lipinski definition) is 9. The van der Waals surface area contributed by atoms with Crippen LogP contribution in [0, 0.1) is 13.8 Å². The minimum Gasteiger partial charge on any atom is -0.377 e. The highest BCUT2D eigenvalue weighted by atomic mass is 16.5. The van der Waals surface area contributed by atoms with Crippen molar-refractivity contribution in [1.82, 2.24) is 39.6 Å². The number of pyridine rings is 1. The zero-order chi connectivity index (χ0) is 51.5. The average molecular weight is 555 g/mol. The van der Waals surface area contributed by atoms with E-state index in [4.69, 9.17) is 58.4 Å². The zero-order valence-corrected chi connectivity index (χ0v) is 21.9. The Hall–Kier alpha value is -3.57. The van der Waals surface area contributed by atoms with Gasteiger partial charge in [-0.2, -0.15) is 15.1 Å². The Bertz CT molecular complexity index is 1480. The highest BCUT2D eigenvalue weighted by molar-refractivity contribution is 5.77. The molecule has 220 valence electrons. The van der Waals surface area contributed by atoms with E-state index in [2.05, 4.69) is 57.0 Å². The molecule has 0 aromatic carbocycles. The van der Waals surface area contributed by atoms with Crippen molar-refractivity contribution in [3.05, 3.63) is 35.8 Å². The minimum absolute atomic E-state index is 0.203. The topological polar surface area (TPSA) is 111 Å². The van der Waals surface area contributed by atoms with Crippen LogP contribution in [0.3, 0.4) is 0 Å². The van der Waals surface area contributed by atoms with Crippen molar-refractivity contribution in [2.75, 3.05) is 50.1 Å². The van der Waals surface area contributed by atoms with Crippen LogP contribution < -0.4 is 15.5 Å². The number of ether oxygens (including phenoxy) is 1. The van der Waals surface area contributed by atoms with Gasteiger partial charge in [0.05, 0.1) is 42.2 Å². The van der Waals surface area contributed by atoms with Gasteiger partial charge >= 0.3 is 0 Å². The fourth-order valence-electron chi connectivity index (χ4n) is 5.59. The monoisotopic (exact) mass is 555 g/mol. The van der Waals surface area contributed by atoms with E-state index in [1.807, 2.05) is 23.7 Å². The predicted molar refractivity (Wildman–Crippen MR) is 171 cm³/mol. The number of fused-ring (bicyclic) bond motifs is 1. The molecular formula is C26H60N10O. The maximum atomic E-state index is 5.72. The molecule has 2 fully saturated rings. The Labute approximate surface area is 256 Å². The molecule has 2 saturated heterocycles. The average Bonchev–Trinajstić information content (AvgIpc) is 3.95. The normalized spacial score (nSPS) is 21.8. The molecule has 11 nitrogen and oxygen atoms in total. The first-order chi connectivity index (χ1) is 31.0. The first-order valence-corrected chi connectivity index (χ1v) is 13.1. The van der Waals surface area contributed by atoms with Gasteiger partial charge in [-0.3, -0.25) is 4.68 Å². The highest BCUT2D eigenvalue weighted by Crippen LogP contribution is 2.33. The van der Waals surface area contributed by atoms with E-state index in [9.17, 15) is 0 Å². The lowest BCUT2D eigenvalue weighted by atomic mass is 10.1. The number of imidazole rings is 1. The Balaban J connectivity index is -0.000000168. The number of rotatable bonds is 5. The maximum Gasteiger partial charge on any atom is 0.239 e. The van der Waals surface area contributed by atoms with Gasteiger partial charge in [0.15, 0.2) is 5.65 Å². The van der Waals surface area contributed by atoms with Gasteiger partial charge in [0, 0.05) is 75.7 Å². The second kappa shape index (κ2) is 9.71. The number of aromatic nitrogens is 7. The number of aryl methyl sites for hydroxylation is 1. The van der Waals surface area contributed by atoms with Gasteiger partial charge < -0.3 is 20.3 Å². The van der Waals surface area contributed by atoms with Crippen LogP contribution in [-0.2, 0) is 4.74 Å². The molecular weight excluding hydrogens is 468 g/mol. The quantitative estimate of drug-likeness (QED) is 0.303. The van der Waals surface area contributed by atoms with Gasteiger partial charge in [0.1, 0.15) is 5.82 Å². The largest absolute Gasteiger partial charge is 0.377 e. The standard InChI is InChI=1S/C26H34N10O.13H2/c1-16-15-37-13-12-34(16)22-14-20(23-17(2)33-36(18(23)3)19-7-10-28-11-8-19)30-26(31-22)35-21-6-5-9-29-24(21)32-25(35)27-4;;;;;;;;;;;;;/h5-6,9,14,16,19,28H,7-8,10-13,15H2,1-4H3,(H,27,29,32);13*1H/t16-;;;;;;;;;;;;;/m1............./s1/i;13*1+1D. The summed E-state index contributed by atoms with van der Waals surface area (Å²) in [6, 6.07) is 6.61. The van der Waals surface area contributed by atoms with E-state index in [-0.39, 0.29) is 6.04 Å². The lowest BCUT2D eigenvalue weighted by molar-refractivity contribution is 0.0985. The Kier molecular flexibility index (Phi) is 3.49. The molecule has 1 atom stereocenters. The van der Waals surface area contributed by atoms with Crippen LogP contribution in [-0.4, -0.2) is 80.2 Å². The molecule has 11 heteroatoms. The fraction of sp³-hybridized carbons (Fsp3) is 0.500. The number of hydrogen-bond donors (Lipinski definition) is 2. The summed E-state index contributed by atoms with van der Waals surface area (Å²) in [5, 5.41) is 11.6. The Morgan fingerprint density at radius 3 is 2.81 bits per heavy atom. The smallest absolute Gasteiger partial charge is 0.239 e. The van der Waals surface area contributed by atoms with Crippen LogP contribution in [0.4, 0.5) is 11.8 Å². The molecule has 0 unspecified atom stereocenters. The van der Waals surface area contributed by atoms with Crippen LogP contribution in [0.2, 0.25) is 0 Å². The van der Waals surface area contributed by atoms with E-state index in [0.29, 0.717) is 36.8 Å². The number of piperidine rings is 1. The first-order valence-electron chi connectivity index (χ1n) is 26.1. The van der Waals surface area contributed by atoms with Crippen LogP contribution in [0.15, 0.2) is 24.4 Å². The molecule has 4 aromatic heterocycles. The Morgan fingerprint density at radius 1 is 1.19 bits per heavy atom. The lowest BCUT2D eigenvalue weighted by Crippen LogP contribution is -2.44. The summed E-state index contributed by atoms with van der Waals surface area (Å²) in [6.45, 7) is 10.5. The van der Waals surface area contributed by atoms with Crippen LogP contribution in [0.1, 0.15) is 75.8 Å². The molecule has 4 aromatic rings. The highest BCUT2D eigenvalue weighted by Gasteiger charge is 2.27. The predicted octanol–water partition coefficient (Wildman–Crippen LogP) is 6.08. The van der Waals surface area contributed by atoms with E-state index in [1.54, 1.807) is 6.20 Å². The van der Waals surface area contributed by atoms with Crippen molar-refractivity contribution >= 4 is 22.9 Å². The second-order valence-corrected chi connectivity index (χ2v) is 9.87. The van der Waals surface area contributed by atoms with Crippen LogP contribution >= 0.6 is 0 Å². The molecule has 0 spiro atoms. The fourth-order valence-corrected chi connectivity index (χ4v) is 5.59. The summed E-state index contributed by atoms with van der Waals surface area (Å²) >= 11 is 0. The molecule has 2 aliphatic rings. The second-order valence-electron chi connectivity index (χ2n) is 9.87. The molecule has 6 rings (SSSR count). The first kappa shape index (κ1) is 13.3. The summed E-state index contributed by atoms with van der Waals surface area (Å²) in [6.07, 6.45) is 3.90. The van der Waals surface area contributed by atoms with Crippen molar-refractivity contribution in [3.8, 4) is 17.2 Å². The van der Waals surface area contributed by atoms with E-state index in [0.717, 1.165) is 66.5 Å². The molecule has 2 aliphatic heterocycles. The summed E-state index contributed by atoms with van der Waals surface area (Å²) in [7, 11) is 1.85. The summed E-state index contributed by atoms with van der Waals surface area (Å²) in [4.78, 5) is 21.6. The minimum atomic E-state index is 0.203. The van der Waals surface area contributed by atoms with Gasteiger partial charge in [-0.25, -0.2) is 14.5 Å². The molecule has 0 saturated carbocycles. The summed E-state index contributed by atoms with van der Waals surface area (Å²) in [5.74, 6) is 2.07. The molecule has 2 N–H and O–H groups in total. The van der Waals surface area contributed by atoms with Crippen molar-refractivity contribution in [2.24, 2.45) is 0 Å². The van der Waals surface area contributed by atoms with Crippen molar-refractivity contribution < 1.29 is 43.3 Å². The maximum absolute atomic E-state index is 5.72. The van der Waals surface area contributed by atoms with E-state index in [1.165, 1.54) is 0 Å². The summed E-state index contributed by atoms with van der Waals surface area (Å²) in [5.41, 5.74) is 5.55. The molecule has 0 amide bonds. The number of nitrogens with zero attached hydrogens (tertiary/aromatic N) is 8. The van der Waals surface area contributed by atoms with Gasteiger partial charge in [-0.1, -0.05) is 0 Å². The SMILES string of the molecule is CNc1nc2ncccc2n1-c1nc(-c2c(C)nn(C3CCNCC3)c2C)cc(N2CCOC[C@H]2C)n1.[2H][2H].[2H][2H].[2H][2H].[2H][2H].[2H][2H].[2H][2H].[2H][2H].[2H][2H].[2H][2H].[2H][2H].[2H][2H].[2H][2H].[2H][2H]. The Morgan fingerprint density at radius 2 is 2.03 bits per heavy atom. The van der Waals surface area contributed by atoms with Crippen LogP contribution in [0.25, 0.3) is 28.4 Å². The molecule has 37 heavy (non-hydrogen) atoms. The number of nitrogens with one attached hydrogen (secondary N) is 2. The van der Waals surface area contributed by atoms with Gasteiger partial charge in [-0.15, -0.1) is 0 Å². The molecule has 0 radical (unpaired) electrons. The third-order valence-electron chi connectivity index (χ3n) is 7.45. The van der Waals surface area contributed by atoms with Crippen molar-refractivity contribution in [1.29, 1.82) is 0 Å². The van der Waals surface area contributed by atoms with Gasteiger partial charge in [0.2, 0.25) is 11.9 Å². The molecule has 0 aliphatic carbocycles. The molecule has 6 heterocycles. The number of morpholine rings is 1. The van der Waals surface area contributed by atoms with Crippen LogP contribution in [0.5, 0.6) is 0 Å². The third-order valence-corrected chi connectivity index (χ3v) is 7.45. The van der Waals surface area contributed by atoms with Gasteiger partial charge in [0.25, 0.3) is 0 Å².